The predicted molar refractivity (Wildman–Crippen MR) is 46.6 cm³/mol. The van der Waals surface area contributed by atoms with Gasteiger partial charge in [-0.05, 0) is 32.1 Å². The van der Waals surface area contributed by atoms with Gasteiger partial charge in [0.1, 0.15) is 5.76 Å². The van der Waals surface area contributed by atoms with E-state index in [1.807, 2.05) is 19.1 Å². The molecule has 0 fully saturated rings. The number of hydrogen-bond acceptors (Lipinski definition) is 2. The van der Waals surface area contributed by atoms with Crippen LogP contribution in [0.5, 0.6) is 0 Å². The number of aryl methyl sites for hydroxylation is 1. The molecule has 1 unspecified atom stereocenters. The molecule has 0 radical (unpaired) electrons. The average Bonchev–Trinajstić information content (AvgIpc) is 2.58. The SMILES string of the molecule is Cc1ccc(C2=CCC(C)O2)o1. The van der Waals surface area contributed by atoms with Crippen molar-refractivity contribution in [1.82, 2.24) is 0 Å². The molecule has 0 bridgehead atoms. The van der Waals surface area contributed by atoms with Crippen LogP contribution in [0.15, 0.2) is 22.6 Å². The monoisotopic (exact) mass is 164 g/mol. The minimum absolute atomic E-state index is 0.297. The highest BCUT2D eigenvalue weighted by atomic mass is 16.5. The molecule has 0 aliphatic carbocycles. The summed E-state index contributed by atoms with van der Waals surface area (Å²) in [4.78, 5) is 0. The molecule has 2 heterocycles. The fourth-order valence-corrected chi connectivity index (χ4v) is 1.31. The lowest BCUT2D eigenvalue weighted by atomic mass is 10.3. The molecule has 1 aromatic rings. The molecule has 0 aromatic carbocycles. The maximum atomic E-state index is 5.53. The van der Waals surface area contributed by atoms with E-state index in [-0.39, 0.29) is 0 Å². The average molecular weight is 164 g/mol. The Morgan fingerprint density at radius 1 is 1.42 bits per heavy atom. The first-order valence-electron chi connectivity index (χ1n) is 4.19. The minimum atomic E-state index is 0.297. The molecule has 0 N–H and O–H groups in total. The third-order valence-electron chi connectivity index (χ3n) is 1.95. The van der Waals surface area contributed by atoms with Gasteiger partial charge in [0.15, 0.2) is 11.5 Å². The first-order chi connectivity index (χ1) is 5.75. The van der Waals surface area contributed by atoms with Crippen molar-refractivity contribution in [2.24, 2.45) is 0 Å². The Balaban J connectivity index is 2.21. The van der Waals surface area contributed by atoms with E-state index in [1.165, 1.54) is 0 Å². The first kappa shape index (κ1) is 7.47. The molecule has 0 amide bonds. The van der Waals surface area contributed by atoms with Crippen LogP contribution in [0.1, 0.15) is 24.9 Å². The normalized spacial score (nSPS) is 22.2. The van der Waals surface area contributed by atoms with Crippen LogP contribution in [0.25, 0.3) is 5.76 Å². The number of ether oxygens (including phenoxy) is 1. The zero-order valence-corrected chi connectivity index (χ0v) is 7.33. The van der Waals surface area contributed by atoms with E-state index in [0.29, 0.717) is 6.10 Å². The molecular formula is C10H12O2. The molecule has 12 heavy (non-hydrogen) atoms. The lowest BCUT2D eigenvalue weighted by molar-refractivity contribution is 0.204. The van der Waals surface area contributed by atoms with Crippen molar-refractivity contribution in [3.8, 4) is 0 Å². The highest BCUT2D eigenvalue weighted by Gasteiger charge is 2.16. The van der Waals surface area contributed by atoms with Crippen LogP contribution in [0.3, 0.4) is 0 Å². The Bertz CT molecular complexity index is 309. The van der Waals surface area contributed by atoms with E-state index >= 15 is 0 Å². The fraction of sp³-hybridized carbons (Fsp3) is 0.400. The standard InChI is InChI=1S/C10H12O2/c1-7-3-5-9(11-7)10-6-4-8(2)12-10/h3,5-6,8H,4H2,1-2H3. The summed E-state index contributed by atoms with van der Waals surface area (Å²) in [5.41, 5.74) is 0. The fourth-order valence-electron chi connectivity index (χ4n) is 1.31. The topological polar surface area (TPSA) is 22.4 Å². The van der Waals surface area contributed by atoms with Gasteiger partial charge in [-0.25, -0.2) is 0 Å². The third kappa shape index (κ3) is 1.24. The Morgan fingerprint density at radius 2 is 2.25 bits per heavy atom. The summed E-state index contributed by atoms with van der Waals surface area (Å²) >= 11 is 0. The lowest BCUT2D eigenvalue weighted by Crippen LogP contribution is -1.97. The summed E-state index contributed by atoms with van der Waals surface area (Å²) < 4.78 is 11.0. The first-order valence-corrected chi connectivity index (χ1v) is 4.19. The van der Waals surface area contributed by atoms with E-state index in [0.717, 1.165) is 23.7 Å². The quantitative estimate of drug-likeness (QED) is 0.636. The number of hydrogen-bond donors (Lipinski definition) is 0. The van der Waals surface area contributed by atoms with Gasteiger partial charge in [-0.1, -0.05) is 0 Å². The van der Waals surface area contributed by atoms with Crippen molar-refractivity contribution in [1.29, 1.82) is 0 Å². The van der Waals surface area contributed by atoms with Crippen molar-refractivity contribution in [3.63, 3.8) is 0 Å². The highest BCUT2D eigenvalue weighted by Crippen LogP contribution is 2.26. The largest absolute Gasteiger partial charge is 0.487 e. The third-order valence-corrected chi connectivity index (χ3v) is 1.95. The van der Waals surface area contributed by atoms with Gasteiger partial charge in [-0.2, -0.15) is 0 Å². The van der Waals surface area contributed by atoms with Crippen LogP contribution in [-0.2, 0) is 4.74 Å². The summed E-state index contributed by atoms with van der Waals surface area (Å²) in [6, 6.07) is 3.89. The summed E-state index contributed by atoms with van der Waals surface area (Å²) in [5, 5.41) is 0. The highest BCUT2D eigenvalue weighted by molar-refractivity contribution is 5.56. The number of furan rings is 1. The van der Waals surface area contributed by atoms with E-state index in [9.17, 15) is 0 Å². The molecule has 2 nitrogen and oxygen atoms in total. The van der Waals surface area contributed by atoms with Gasteiger partial charge < -0.3 is 9.15 Å². The van der Waals surface area contributed by atoms with Crippen molar-refractivity contribution >= 4 is 5.76 Å². The van der Waals surface area contributed by atoms with E-state index in [1.54, 1.807) is 0 Å². The van der Waals surface area contributed by atoms with E-state index in [2.05, 4.69) is 13.0 Å². The van der Waals surface area contributed by atoms with Crippen molar-refractivity contribution in [2.45, 2.75) is 26.4 Å². The molecular weight excluding hydrogens is 152 g/mol. The Kier molecular flexibility index (Phi) is 1.68. The van der Waals surface area contributed by atoms with Crippen LogP contribution in [0, 0.1) is 6.92 Å². The van der Waals surface area contributed by atoms with Gasteiger partial charge in [0, 0.05) is 6.42 Å². The van der Waals surface area contributed by atoms with Gasteiger partial charge in [-0.3, -0.25) is 0 Å². The van der Waals surface area contributed by atoms with Crippen molar-refractivity contribution in [3.05, 3.63) is 29.7 Å². The van der Waals surface area contributed by atoms with Crippen LogP contribution < -0.4 is 0 Å². The molecule has 0 spiro atoms. The minimum Gasteiger partial charge on any atom is -0.487 e. The molecule has 2 rings (SSSR count). The van der Waals surface area contributed by atoms with Crippen molar-refractivity contribution < 1.29 is 9.15 Å². The predicted octanol–water partition coefficient (Wildman–Crippen LogP) is 2.74. The molecule has 64 valence electrons. The second-order valence-electron chi connectivity index (χ2n) is 3.14. The zero-order chi connectivity index (χ0) is 8.55. The van der Waals surface area contributed by atoms with Crippen LogP contribution in [0.4, 0.5) is 0 Å². The van der Waals surface area contributed by atoms with Gasteiger partial charge in [0.2, 0.25) is 0 Å². The Morgan fingerprint density at radius 3 is 2.75 bits per heavy atom. The van der Waals surface area contributed by atoms with Crippen molar-refractivity contribution in [2.75, 3.05) is 0 Å². The zero-order valence-electron chi connectivity index (χ0n) is 7.33. The van der Waals surface area contributed by atoms with Crippen LogP contribution >= 0.6 is 0 Å². The maximum Gasteiger partial charge on any atom is 0.168 e. The Hall–Kier alpha value is -1.18. The van der Waals surface area contributed by atoms with E-state index < -0.39 is 0 Å². The molecule has 1 aliphatic heterocycles. The molecule has 2 heteroatoms. The second-order valence-corrected chi connectivity index (χ2v) is 3.14. The van der Waals surface area contributed by atoms with Gasteiger partial charge in [-0.15, -0.1) is 0 Å². The smallest absolute Gasteiger partial charge is 0.168 e. The molecule has 0 saturated heterocycles. The van der Waals surface area contributed by atoms with Gasteiger partial charge in [0.25, 0.3) is 0 Å². The second kappa shape index (κ2) is 2.70. The molecule has 0 saturated carbocycles. The summed E-state index contributed by atoms with van der Waals surface area (Å²) in [6.07, 6.45) is 3.35. The lowest BCUT2D eigenvalue weighted by Gasteiger charge is -2.04. The molecule has 1 aromatic heterocycles. The van der Waals surface area contributed by atoms with Crippen LogP contribution in [-0.4, -0.2) is 6.10 Å². The number of rotatable bonds is 1. The summed E-state index contributed by atoms with van der Waals surface area (Å²) in [7, 11) is 0. The Labute approximate surface area is 71.8 Å². The summed E-state index contributed by atoms with van der Waals surface area (Å²) in [6.45, 7) is 3.99. The van der Waals surface area contributed by atoms with Crippen LogP contribution in [0.2, 0.25) is 0 Å². The molecule has 1 atom stereocenters. The molecule has 1 aliphatic rings. The van der Waals surface area contributed by atoms with Gasteiger partial charge >= 0.3 is 0 Å². The maximum absolute atomic E-state index is 5.53. The summed E-state index contributed by atoms with van der Waals surface area (Å²) in [5.74, 6) is 2.65. The van der Waals surface area contributed by atoms with E-state index in [4.69, 9.17) is 9.15 Å². The van der Waals surface area contributed by atoms with Gasteiger partial charge in [0.05, 0.1) is 6.10 Å².